The molecule has 2 aliphatic rings. The molecule has 0 spiro atoms. The van der Waals surface area contributed by atoms with Crippen molar-refractivity contribution < 1.29 is 4.74 Å². The molecule has 1 atom stereocenters. The number of rotatable bonds is 5. The number of benzene rings is 1. The van der Waals surface area contributed by atoms with Crippen molar-refractivity contribution in [1.29, 1.82) is 0 Å². The van der Waals surface area contributed by atoms with Crippen LogP contribution in [-0.2, 0) is 6.54 Å². The molecule has 0 unspecified atom stereocenters. The Hall–Kier alpha value is -0.770. The van der Waals surface area contributed by atoms with Crippen molar-refractivity contribution in [2.75, 3.05) is 19.7 Å². The minimum Gasteiger partial charge on any atom is -0.493 e. The van der Waals surface area contributed by atoms with Crippen LogP contribution in [0.15, 0.2) is 18.2 Å². The van der Waals surface area contributed by atoms with Gasteiger partial charge in [-0.25, -0.2) is 0 Å². The van der Waals surface area contributed by atoms with Gasteiger partial charge in [0.2, 0.25) is 0 Å². The molecule has 0 amide bonds. The van der Waals surface area contributed by atoms with E-state index in [-0.39, 0.29) is 0 Å². The molecule has 1 saturated carbocycles. The number of halogens is 1. The fourth-order valence-electron chi connectivity index (χ4n) is 2.55. The van der Waals surface area contributed by atoms with Crippen molar-refractivity contribution in [2.45, 2.75) is 31.8 Å². The van der Waals surface area contributed by atoms with Gasteiger partial charge in [-0.05, 0) is 43.4 Å². The zero-order chi connectivity index (χ0) is 13.2. The highest BCUT2D eigenvalue weighted by Crippen LogP contribution is 2.31. The van der Waals surface area contributed by atoms with E-state index < -0.39 is 0 Å². The van der Waals surface area contributed by atoms with Crippen molar-refractivity contribution in [3.8, 4) is 5.75 Å². The summed E-state index contributed by atoms with van der Waals surface area (Å²) in [5.41, 5.74) is 7.14. The number of nitrogens with zero attached hydrogens (tertiary/aromatic N) is 1. The molecule has 2 N–H and O–H groups in total. The molecule has 0 bridgehead atoms. The van der Waals surface area contributed by atoms with Gasteiger partial charge in [-0.1, -0.05) is 11.6 Å². The highest BCUT2D eigenvalue weighted by Gasteiger charge is 2.23. The Morgan fingerprint density at radius 3 is 2.84 bits per heavy atom. The van der Waals surface area contributed by atoms with Crippen LogP contribution in [0.5, 0.6) is 5.75 Å². The molecule has 1 saturated heterocycles. The van der Waals surface area contributed by atoms with E-state index in [1.807, 2.05) is 18.2 Å². The Balaban J connectivity index is 1.67. The van der Waals surface area contributed by atoms with E-state index in [0.29, 0.717) is 6.04 Å². The Labute approximate surface area is 119 Å². The molecule has 104 valence electrons. The topological polar surface area (TPSA) is 38.5 Å². The molecule has 1 aromatic rings. The lowest BCUT2D eigenvalue weighted by atomic mass is 10.2. The number of hydrogen-bond acceptors (Lipinski definition) is 3. The second-order valence-corrected chi connectivity index (χ2v) is 6.23. The number of ether oxygens (including phenoxy) is 1. The zero-order valence-electron chi connectivity index (χ0n) is 11.1. The average molecular weight is 281 g/mol. The van der Waals surface area contributed by atoms with Crippen molar-refractivity contribution in [3.63, 3.8) is 0 Å². The van der Waals surface area contributed by atoms with E-state index in [1.54, 1.807) is 0 Å². The van der Waals surface area contributed by atoms with Gasteiger partial charge < -0.3 is 10.5 Å². The standard InChI is InChI=1S/C15H21ClN2O/c16-13-3-4-15(19-10-11-1-2-11)12(7-13)8-18-6-5-14(17)9-18/h3-4,7,11,14H,1-2,5-6,8-10,17H2/t14-/m0/s1. The van der Waals surface area contributed by atoms with Gasteiger partial charge in [0.15, 0.2) is 0 Å². The summed E-state index contributed by atoms with van der Waals surface area (Å²) < 4.78 is 5.94. The maximum absolute atomic E-state index is 6.11. The van der Waals surface area contributed by atoms with Crippen LogP contribution < -0.4 is 10.5 Å². The molecule has 2 fully saturated rings. The Kier molecular flexibility index (Phi) is 3.96. The molecular formula is C15H21ClN2O. The van der Waals surface area contributed by atoms with E-state index >= 15 is 0 Å². The summed E-state index contributed by atoms with van der Waals surface area (Å²) in [4.78, 5) is 2.38. The quantitative estimate of drug-likeness (QED) is 0.901. The van der Waals surface area contributed by atoms with Gasteiger partial charge >= 0.3 is 0 Å². The molecule has 1 heterocycles. The first-order chi connectivity index (χ1) is 9.20. The lowest BCUT2D eigenvalue weighted by Gasteiger charge is -2.18. The van der Waals surface area contributed by atoms with Crippen LogP contribution in [-0.4, -0.2) is 30.6 Å². The number of likely N-dealkylation sites (tertiary alicyclic amines) is 1. The predicted octanol–water partition coefficient (Wildman–Crippen LogP) is 2.66. The molecule has 1 aliphatic carbocycles. The van der Waals surface area contributed by atoms with Crippen LogP contribution in [0, 0.1) is 5.92 Å². The van der Waals surface area contributed by atoms with Crippen LogP contribution in [0.25, 0.3) is 0 Å². The molecule has 1 aliphatic heterocycles. The number of nitrogens with two attached hydrogens (primary N) is 1. The van der Waals surface area contributed by atoms with E-state index in [1.165, 1.54) is 18.4 Å². The Morgan fingerprint density at radius 1 is 1.32 bits per heavy atom. The van der Waals surface area contributed by atoms with Gasteiger partial charge in [-0.3, -0.25) is 4.90 Å². The lowest BCUT2D eigenvalue weighted by molar-refractivity contribution is 0.281. The first-order valence-corrected chi connectivity index (χ1v) is 7.47. The van der Waals surface area contributed by atoms with E-state index in [9.17, 15) is 0 Å². The van der Waals surface area contributed by atoms with Crippen molar-refractivity contribution in [3.05, 3.63) is 28.8 Å². The van der Waals surface area contributed by atoms with Gasteiger partial charge in [-0.2, -0.15) is 0 Å². The zero-order valence-corrected chi connectivity index (χ0v) is 11.9. The highest BCUT2D eigenvalue weighted by atomic mass is 35.5. The summed E-state index contributed by atoms with van der Waals surface area (Å²) in [6, 6.07) is 6.24. The predicted molar refractivity (Wildman–Crippen MR) is 77.5 cm³/mol. The van der Waals surface area contributed by atoms with E-state index in [0.717, 1.165) is 49.4 Å². The monoisotopic (exact) mass is 280 g/mol. The third-order valence-electron chi connectivity index (χ3n) is 3.90. The summed E-state index contributed by atoms with van der Waals surface area (Å²) in [5.74, 6) is 1.75. The molecule has 3 rings (SSSR count). The van der Waals surface area contributed by atoms with Crippen LogP contribution in [0.3, 0.4) is 0 Å². The smallest absolute Gasteiger partial charge is 0.123 e. The van der Waals surface area contributed by atoms with Crippen LogP contribution in [0.4, 0.5) is 0 Å². The second-order valence-electron chi connectivity index (χ2n) is 5.79. The first-order valence-electron chi connectivity index (χ1n) is 7.10. The molecule has 1 aromatic carbocycles. The van der Waals surface area contributed by atoms with Crippen LogP contribution >= 0.6 is 11.6 Å². The van der Waals surface area contributed by atoms with E-state index in [2.05, 4.69) is 4.90 Å². The maximum atomic E-state index is 6.11. The lowest BCUT2D eigenvalue weighted by Crippen LogP contribution is -2.26. The third-order valence-corrected chi connectivity index (χ3v) is 4.13. The molecule has 3 nitrogen and oxygen atoms in total. The van der Waals surface area contributed by atoms with Crippen LogP contribution in [0.1, 0.15) is 24.8 Å². The summed E-state index contributed by atoms with van der Waals surface area (Å²) >= 11 is 6.11. The van der Waals surface area contributed by atoms with Gasteiger partial charge in [0, 0.05) is 36.3 Å². The second kappa shape index (κ2) is 5.70. The molecule has 4 heteroatoms. The van der Waals surface area contributed by atoms with Gasteiger partial charge in [-0.15, -0.1) is 0 Å². The fourth-order valence-corrected chi connectivity index (χ4v) is 2.75. The average Bonchev–Trinajstić information content (AvgIpc) is 3.12. The van der Waals surface area contributed by atoms with Crippen molar-refractivity contribution >= 4 is 11.6 Å². The summed E-state index contributed by atoms with van der Waals surface area (Å²) in [5, 5.41) is 0.775. The summed E-state index contributed by atoms with van der Waals surface area (Å²) in [6.45, 7) is 3.76. The molecule has 19 heavy (non-hydrogen) atoms. The summed E-state index contributed by atoms with van der Waals surface area (Å²) in [6.07, 6.45) is 3.70. The fraction of sp³-hybridized carbons (Fsp3) is 0.600. The highest BCUT2D eigenvalue weighted by molar-refractivity contribution is 6.30. The first kappa shape index (κ1) is 13.2. The van der Waals surface area contributed by atoms with Gasteiger partial charge in [0.25, 0.3) is 0 Å². The minimum atomic E-state index is 0.315. The van der Waals surface area contributed by atoms with Crippen LogP contribution in [0.2, 0.25) is 5.02 Å². The minimum absolute atomic E-state index is 0.315. The maximum Gasteiger partial charge on any atom is 0.123 e. The SMILES string of the molecule is N[C@H]1CCN(Cc2cc(Cl)ccc2OCC2CC2)C1. The number of hydrogen-bond donors (Lipinski definition) is 1. The van der Waals surface area contributed by atoms with Crippen molar-refractivity contribution in [2.24, 2.45) is 11.7 Å². The van der Waals surface area contributed by atoms with Crippen molar-refractivity contribution in [1.82, 2.24) is 4.90 Å². The largest absolute Gasteiger partial charge is 0.493 e. The molecular weight excluding hydrogens is 260 g/mol. The normalized spacial score (nSPS) is 23.8. The van der Waals surface area contributed by atoms with E-state index in [4.69, 9.17) is 22.1 Å². The van der Waals surface area contributed by atoms with Gasteiger partial charge in [0.1, 0.15) is 5.75 Å². The molecule has 0 aromatic heterocycles. The Morgan fingerprint density at radius 2 is 2.16 bits per heavy atom. The molecule has 0 radical (unpaired) electrons. The summed E-state index contributed by atoms with van der Waals surface area (Å²) in [7, 11) is 0. The third kappa shape index (κ3) is 3.62. The van der Waals surface area contributed by atoms with Gasteiger partial charge in [0.05, 0.1) is 6.61 Å². The Bertz CT molecular complexity index is 448.